The Morgan fingerprint density at radius 1 is 1.09 bits per heavy atom. The fourth-order valence-corrected chi connectivity index (χ4v) is 2.41. The number of carbonyl (C=O) groups excluding carboxylic acids is 1. The Bertz CT molecular complexity index is 516. The molecule has 0 bridgehead atoms. The lowest BCUT2D eigenvalue weighted by Crippen LogP contribution is -2.01. The van der Waals surface area contributed by atoms with Gasteiger partial charge in [-0.2, -0.15) is 0 Å². The molecule has 0 saturated heterocycles. The van der Waals surface area contributed by atoms with Crippen molar-refractivity contribution in [2.45, 2.75) is 51.4 Å². The number of Topliss-reactive ketones (excluding diaryl/α,β-unsaturated/α-hetero) is 1. The van der Waals surface area contributed by atoms with E-state index in [1.54, 1.807) is 12.1 Å². The van der Waals surface area contributed by atoms with Gasteiger partial charge in [-0.15, -0.1) is 12.3 Å². The minimum atomic E-state index is -2.59. The molecule has 0 spiro atoms. The Morgan fingerprint density at radius 3 is 2.27 bits per heavy atom. The molecule has 1 aromatic rings. The monoisotopic (exact) mass is 321 g/mol. The van der Waals surface area contributed by atoms with Crippen molar-refractivity contribution < 1.29 is 17.7 Å². The van der Waals surface area contributed by atoms with E-state index in [0.29, 0.717) is 12.0 Å². The second kappa shape index (κ2) is 11.0. The molecule has 0 aliphatic rings. The summed E-state index contributed by atoms with van der Waals surface area (Å²) >= 11 is -2.59. The minimum Gasteiger partial charge on any atom is -0.740 e. The fourth-order valence-electron chi connectivity index (χ4n) is 2.14. The average Bonchev–Trinajstić information content (AvgIpc) is 2.50. The molecule has 0 amide bonds. The number of ketones is 1. The first kappa shape index (κ1) is 18.4. The third kappa shape index (κ3) is 7.96. The van der Waals surface area contributed by atoms with E-state index in [1.165, 1.54) is 12.1 Å². The molecule has 1 unspecified atom stereocenters. The topological polar surface area (TPSA) is 66.4 Å². The van der Waals surface area contributed by atoms with Crippen LogP contribution in [0.1, 0.15) is 61.7 Å². The van der Waals surface area contributed by atoms with Crippen molar-refractivity contribution >= 4 is 17.1 Å². The van der Waals surface area contributed by atoms with Crippen molar-refractivity contribution in [1.29, 1.82) is 0 Å². The van der Waals surface area contributed by atoms with Gasteiger partial charge in [0.2, 0.25) is 0 Å². The number of unbranched alkanes of at least 4 members (excludes halogenated alkanes) is 6. The van der Waals surface area contributed by atoms with Gasteiger partial charge < -0.3 is 8.74 Å². The molecule has 0 radical (unpaired) electrons. The van der Waals surface area contributed by atoms with E-state index in [-0.39, 0.29) is 11.5 Å². The molecule has 0 fully saturated rings. The van der Waals surface area contributed by atoms with Gasteiger partial charge in [-0.25, -0.2) is 4.21 Å². The van der Waals surface area contributed by atoms with Crippen LogP contribution in [0.5, 0.6) is 5.75 Å². The average molecular weight is 321 g/mol. The van der Waals surface area contributed by atoms with Gasteiger partial charge in [0.25, 0.3) is 0 Å². The van der Waals surface area contributed by atoms with Gasteiger partial charge in [-0.1, -0.05) is 25.7 Å². The maximum absolute atomic E-state index is 12.0. The van der Waals surface area contributed by atoms with Crippen LogP contribution in [-0.4, -0.2) is 14.5 Å². The number of rotatable bonds is 11. The summed E-state index contributed by atoms with van der Waals surface area (Å²) in [6.45, 7) is 0. The van der Waals surface area contributed by atoms with Crippen LogP contribution in [0.3, 0.4) is 0 Å². The highest BCUT2D eigenvalue weighted by Crippen LogP contribution is 2.16. The van der Waals surface area contributed by atoms with Gasteiger partial charge in [0.15, 0.2) is 5.78 Å². The lowest BCUT2D eigenvalue weighted by Gasteiger charge is -2.07. The molecule has 0 heterocycles. The van der Waals surface area contributed by atoms with Crippen LogP contribution in [0, 0.1) is 12.3 Å². The first-order valence-electron chi connectivity index (χ1n) is 7.48. The number of terminal acetylenes is 1. The molecule has 1 atom stereocenters. The maximum Gasteiger partial charge on any atom is 0.162 e. The van der Waals surface area contributed by atoms with E-state index in [9.17, 15) is 13.6 Å². The molecular formula is C17H21O4S-. The molecule has 0 aliphatic carbocycles. The summed E-state index contributed by atoms with van der Waals surface area (Å²) in [6, 6.07) is 6.14. The Kier molecular flexibility index (Phi) is 9.20. The third-order valence-corrected chi connectivity index (χ3v) is 3.64. The molecular weight excluding hydrogens is 300 g/mol. The highest BCUT2D eigenvalue weighted by molar-refractivity contribution is 7.74. The number of benzene rings is 1. The fraction of sp³-hybridized carbons (Fsp3) is 0.471. The largest absolute Gasteiger partial charge is 0.740 e. The Morgan fingerprint density at radius 2 is 1.68 bits per heavy atom. The molecule has 0 saturated carbocycles. The zero-order valence-electron chi connectivity index (χ0n) is 12.6. The summed E-state index contributed by atoms with van der Waals surface area (Å²) in [5, 5.41) is 0. The van der Waals surface area contributed by atoms with Crippen molar-refractivity contribution in [3.05, 3.63) is 29.8 Å². The van der Waals surface area contributed by atoms with Crippen LogP contribution in [0.25, 0.3) is 0 Å². The van der Waals surface area contributed by atoms with Gasteiger partial charge in [0.1, 0.15) is 17.1 Å². The van der Waals surface area contributed by atoms with Gasteiger partial charge >= 0.3 is 0 Å². The van der Waals surface area contributed by atoms with Gasteiger partial charge in [0, 0.05) is 18.4 Å². The van der Waals surface area contributed by atoms with Crippen LogP contribution in [-0.2, 0) is 11.4 Å². The van der Waals surface area contributed by atoms with E-state index >= 15 is 0 Å². The van der Waals surface area contributed by atoms with Crippen molar-refractivity contribution in [3.63, 3.8) is 0 Å². The van der Waals surface area contributed by atoms with Crippen LogP contribution < -0.4 is 4.18 Å². The van der Waals surface area contributed by atoms with Gasteiger partial charge in [-0.05, 0) is 37.1 Å². The van der Waals surface area contributed by atoms with E-state index < -0.39 is 11.4 Å². The SMILES string of the molecule is C#CCCCCCCCCC(=O)c1ccc(OS(=O)[O-])cc1. The summed E-state index contributed by atoms with van der Waals surface area (Å²) < 4.78 is 25.2. The highest BCUT2D eigenvalue weighted by Gasteiger charge is 2.06. The second-order valence-corrected chi connectivity index (χ2v) is 5.64. The molecule has 0 aromatic heterocycles. The lowest BCUT2D eigenvalue weighted by molar-refractivity contribution is 0.0979. The standard InChI is InChI=1S/C17H22O4S/c1-2-3-4-5-6-7-8-9-10-17(18)15-11-13-16(14-12-15)21-22(19)20/h1,11-14H,3-10H2,(H,19,20)/p-1. The lowest BCUT2D eigenvalue weighted by atomic mass is 10.0. The normalized spacial score (nSPS) is 11.6. The van der Waals surface area contributed by atoms with Crippen molar-refractivity contribution in [1.82, 2.24) is 0 Å². The third-order valence-electron chi connectivity index (χ3n) is 3.32. The molecule has 4 nitrogen and oxygen atoms in total. The molecule has 0 N–H and O–H groups in total. The van der Waals surface area contributed by atoms with Crippen LogP contribution >= 0.6 is 0 Å². The minimum absolute atomic E-state index is 0.0714. The predicted octanol–water partition coefficient (Wildman–Crippen LogP) is 3.80. The predicted molar refractivity (Wildman–Crippen MR) is 86.1 cm³/mol. The summed E-state index contributed by atoms with van der Waals surface area (Å²) in [5.41, 5.74) is 0.582. The van der Waals surface area contributed by atoms with Crippen LogP contribution in [0.15, 0.2) is 24.3 Å². The number of carbonyl (C=O) groups is 1. The molecule has 22 heavy (non-hydrogen) atoms. The summed E-state index contributed by atoms with van der Waals surface area (Å²) in [6.07, 6.45) is 13.0. The smallest absolute Gasteiger partial charge is 0.162 e. The first-order valence-corrected chi connectivity index (χ1v) is 8.48. The van der Waals surface area contributed by atoms with Gasteiger partial charge in [-0.3, -0.25) is 4.79 Å². The zero-order valence-corrected chi connectivity index (χ0v) is 13.4. The molecule has 1 rings (SSSR count). The summed E-state index contributed by atoms with van der Waals surface area (Å²) in [4.78, 5) is 12.0. The van der Waals surface area contributed by atoms with Gasteiger partial charge in [0.05, 0.1) is 0 Å². The van der Waals surface area contributed by atoms with E-state index in [4.69, 9.17) is 6.42 Å². The number of hydrogen-bond acceptors (Lipinski definition) is 4. The molecule has 120 valence electrons. The number of hydrogen-bond donors (Lipinski definition) is 0. The first-order chi connectivity index (χ1) is 10.6. The van der Waals surface area contributed by atoms with Crippen molar-refractivity contribution in [3.8, 4) is 18.1 Å². The Balaban J connectivity index is 2.20. The van der Waals surface area contributed by atoms with E-state index in [0.717, 1.165) is 44.9 Å². The molecule has 1 aromatic carbocycles. The van der Waals surface area contributed by atoms with Crippen molar-refractivity contribution in [2.24, 2.45) is 0 Å². The van der Waals surface area contributed by atoms with Crippen LogP contribution in [0.4, 0.5) is 0 Å². The summed E-state index contributed by atoms with van der Waals surface area (Å²) in [7, 11) is 0. The van der Waals surface area contributed by atoms with E-state index in [2.05, 4.69) is 10.1 Å². The zero-order chi connectivity index (χ0) is 16.2. The summed E-state index contributed by atoms with van der Waals surface area (Å²) in [5.74, 6) is 2.91. The Hall–Kier alpha value is -1.64. The maximum atomic E-state index is 12.0. The quantitative estimate of drug-likeness (QED) is 0.269. The van der Waals surface area contributed by atoms with Crippen molar-refractivity contribution in [2.75, 3.05) is 0 Å². The molecule has 0 aliphatic heterocycles. The second-order valence-electron chi connectivity index (χ2n) is 5.06. The van der Waals surface area contributed by atoms with E-state index in [1.807, 2.05) is 0 Å². The Labute approximate surface area is 134 Å². The van der Waals surface area contributed by atoms with Crippen LogP contribution in [0.2, 0.25) is 0 Å². The highest BCUT2D eigenvalue weighted by atomic mass is 32.2. The molecule has 5 heteroatoms.